The number of hydrogen-bond donors (Lipinski definition) is 2. The van der Waals surface area contributed by atoms with E-state index in [1.165, 1.54) is 0 Å². The molecule has 0 unspecified atom stereocenters. The zero-order chi connectivity index (χ0) is 17.6. The predicted molar refractivity (Wildman–Crippen MR) is 106 cm³/mol. The minimum Gasteiger partial charge on any atom is -0.367 e. The standard InChI is InChI=1S/C19H21N5O.ClH/c1-20-15-8-6-14(7-9-15)19(25)23-18-5-3-4-17(22-18)21-16-10-12-24(2)13-11-16;/h3-9,16H,10-13H2,2H3,(H2,21,22,23,25);1H. The smallest absolute Gasteiger partial charge is 0.256 e. The third kappa shape index (κ3) is 5.19. The second-order valence-corrected chi connectivity index (χ2v) is 6.24. The summed E-state index contributed by atoms with van der Waals surface area (Å²) in [5.74, 6) is 1.05. The van der Waals surface area contributed by atoms with E-state index >= 15 is 0 Å². The van der Waals surface area contributed by atoms with Crippen molar-refractivity contribution >= 4 is 35.6 Å². The summed E-state index contributed by atoms with van der Waals surface area (Å²) >= 11 is 0. The van der Waals surface area contributed by atoms with Crippen molar-refractivity contribution in [1.82, 2.24) is 9.88 Å². The molecule has 0 aliphatic carbocycles. The highest BCUT2D eigenvalue weighted by Crippen LogP contribution is 2.17. The number of pyridine rings is 1. The lowest BCUT2D eigenvalue weighted by Crippen LogP contribution is -2.36. The lowest BCUT2D eigenvalue weighted by atomic mass is 10.1. The van der Waals surface area contributed by atoms with E-state index in [-0.39, 0.29) is 18.3 Å². The van der Waals surface area contributed by atoms with Crippen molar-refractivity contribution in [2.24, 2.45) is 0 Å². The predicted octanol–water partition coefficient (Wildman–Crippen LogP) is 3.81. The van der Waals surface area contributed by atoms with Gasteiger partial charge in [0.25, 0.3) is 5.91 Å². The molecule has 1 aromatic carbocycles. The van der Waals surface area contributed by atoms with Crippen LogP contribution < -0.4 is 10.6 Å². The van der Waals surface area contributed by atoms with Gasteiger partial charge in [0.15, 0.2) is 5.69 Å². The van der Waals surface area contributed by atoms with Crippen LogP contribution in [0, 0.1) is 6.57 Å². The number of hydrogen-bond acceptors (Lipinski definition) is 4. The first-order chi connectivity index (χ1) is 12.1. The van der Waals surface area contributed by atoms with Crippen molar-refractivity contribution in [2.45, 2.75) is 18.9 Å². The molecule has 1 aliphatic heterocycles. The van der Waals surface area contributed by atoms with Gasteiger partial charge in [-0.25, -0.2) is 9.83 Å². The van der Waals surface area contributed by atoms with E-state index < -0.39 is 0 Å². The lowest BCUT2D eigenvalue weighted by molar-refractivity contribution is 0.102. The minimum atomic E-state index is -0.236. The third-order valence-corrected chi connectivity index (χ3v) is 4.32. The van der Waals surface area contributed by atoms with Crippen molar-refractivity contribution < 1.29 is 4.79 Å². The normalized spacial score (nSPS) is 14.8. The number of aromatic nitrogens is 1. The quantitative estimate of drug-likeness (QED) is 0.802. The fraction of sp³-hybridized carbons (Fsp3) is 0.316. The van der Waals surface area contributed by atoms with Gasteiger partial charge in [-0.05, 0) is 45.1 Å². The first-order valence-corrected chi connectivity index (χ1v) is 8.35. The van der Waals surface area contributed by atoms with Crippen molar-refractivity contribution in [3.8, 4) is 0 Å². The van der Waals surface area contributed by atoms with E-state index in [1.807, 2.05) is 12.1 Å². The Balaban J connectivity index is 0.00000243. The molecule has 0 bridgehead atoms. The van der Waals surface area contributed by atoms with Crippen LogP contribution in [0.1, 0.15) is 23.2 Å². The zero-order valence-corrected chi connectivity index (χ0v) is 15.4. The van der Waals surface area contributed by atoms with Crippen molar-refractivity contribution in [2.75, 3.05) is 30.8 Å². The van der Waals surface area contributed by atoms with Crippen LogP contribution in [0.4, 0.5) is 17.3 Å². The van der Waals surface area contributed by atoms with Crippen LogP contribution in [-0.4, -0.2) is 42.0 Å². The molecule has 6 nitrogen and oxygen atoms in total. The van der Waals surface area contributed by atoms with Gasteiger partial charge >= 0.3 is 0 Å². The second kappa shape index (κ2) is 9.18. The Hall–Kier alpha value is -2.62. The fourth-order valence-corrected chi connectivity index (χ4v) is 2.82. The Morgan fingerprint density at radius 3 is 2.46 bits per heavy atom. The number of carbonyl (C=O) groups is 1. The molecule has 26 heavy (non-hydrogen) atoms. The number of amides is 1. The molecular weight excluding hydrogens is 350 g/mol. The Kier molecular flexibility index (Phi) is 6.96. The largest absolute Gasteiger partial charge is 0.367 e. The molecule has 0 saturated carbocycles. The van der Waals surface area contributed by atoms with Gasteiger partial charge in [-0.2, -0.15) is 0 Å². The average molecular weight is 372 g/mol. The lowest BCUT2D eigenvalue weighted by Gasteiger charge is -2.29. The minimum absolute atomic E-state index is 0. The molecule has 1 amide bonds. The van der Waals surface area contributed by atoms with Gasteiger partial charge in [-0.3, -0.25) is 4.79 Å². The van der Waals surface area contributed by atoms with Crippen molar-refractivity contribution in [3.05, 3.63) is 59.4 Å². The molecule has 2 aromatic rings. The molecule has 136 valence electrons. The summed E-state index contributed by atoms with van der Waals surface area (Å²) in [6.07, 6.45) is 2.17. The van der Waals surface area contributed by atoms with Crippen molar-refractivity contribution in [1.29, 1.82) is 0 Å². The van der Waals surface area contributed by atoms with E-state index in [9.17, 15) is 4.79 Å². The Bertz CT molecular complexity index is 779. The average Bonchev–Trinajstić information content (AvgIpc) is 2.64. The number of piperidine rings is 1. The van der Waals surface area contributed by atoms with E-state index in [0.29, 0.717) is 23.1 Å². The summed E-state index contributed by atoms with van der Waals surface area (Å²) in [5.41, 5.74) is 1.02. The van der Waals surface area contributed by atoms with E-state index in [2.05, 4.69) is 32.4 Å². The molecule has 0 spiro atoms. The number of carbonyl (C=O) groups excluding carboxylic acids is 1. The SMILES string of the molecule is Cl.[C-]#[N+]c1ccc(C(=O)Nc2cccc(NC3CCN(C)CC3)n2)cc1. The molecule has 3 rings (SSSR count). The van der Waals surface area contributed by atoms with Crippen LogP contribution >= 0.6 is 12.4 Å². The van der Waals surface area contributed by atoms with Gasteiger partial charge in [0.05, 0.1) is 6.57 Å². The van der Waals surface area contributed by atoms with Gasteiger partial charge in [0.2, 0.25) is 0 Å². The maximum atomic E-state index is 12.3. The van der Waals surface area contributed by atoms with Crippen LogP contribution in [0.3, 0.4) is 0 Å². The third-order valence-electron chi connectivity index (χ3n) is 4.32. The Labute approximate surface area is 159 Å². The molecule has 1 saturated heterocycles. The van der Waals surface area contributed by atoms with Gasteiger partial charge < -0.3 is 15.5 Å². The molecule has 1 aromatic heterocycles. The van der Waals surface area contributed by atoms with Gasteiger partial charge in [0.1, 0.15) is 11.6 Å². The van der Waals surface area contributed by atoms with Crippen LogP contribution in [0.15, 0.2) is 42.5 Å². The highest BCUT2D eigenvalue weighted by Gasteiger charge is 2.16. The highest BCUT2D eigenvalue weighted by molar-refractivity contribution is 6.04. The molecule has 0 atom stereocenters. The molecule has 7 heteroatoms. The number of halogens is 1. The van der Waals surface area contributed by atoms with E-state index in [4.69, 9.17) is 6.57 Å². The molecule has 0 radical (unpaired) electrons. The number of benzene rings is 1. The molecule has 2 heterocycles. The monoisotopic (exact) mass is 371 g/mol. The summed E-state index contributed by atoms with van der Waals surface area (Å²) in [6, 6.07) is 12.5. The summed E-state index contributed by atoms with van der Waals surface area (Å²) in [4.78, 5) is 22.4. The number of nitrogens with zero attached hydrogens (tertiary/aromatic N) is 3. The Morgan fingerprint density at radius 2 is 1.81 bits per heavy atom. The van der Waals surface area contributed by atoms with Crippen molar-refractivity contribution in [3.63, 3.8) is 0 Å². The number of rotatable bonds is 4. The Morgan fingerprint density at radius 1 is 1.15 bits per heavy atom. The maximum Gasteiger partial charge on any atom is 0.256 e. The van der Waals surface area contributed by atoms with Gasteiger partial charge in [-0.15, -0.1) is 12.4 Å². The van der Waals surface area contributed by atoms with Crippen LogP contribution in [0.25, 0.3) is 4.85 Å². The first kappa shape index (κ1) is 19.7. The van der Waals surface area contributed by atoms with Gasteiger partial charge in [0, 0.05) is 11.6 Å². The summed E-state index contributed by atoms with van der Waals surface area (Å²) < 4.78 is 0. The summed E-state index contributed by atoms with van der Waals surface area (Å²) in [6.45, 7) is 9.10. The van der Waals surface area contributed by atoms with Gasteiger partial charge in [-0.1, -0.05) is 30.3 Å². The summed E-state index contributed by atoms with van der Waals surface area (Å²) in [7, 11) is 2.13. The molecule has 1 fully saturated rings. The van der Waals surface area contributed by atoms with Crippen LogP contribution in [-0.2, 0) is 0 Å². The molecule has 2 N–H and O–H groups in total. The van der Waals surface area contributed by atoms with E-state index in [0.717, 1.165) is 31.7 Å². The second-order valence-electron chi connectivity index (χ2n) is 6.24. The maximum absolute atomic E-state index is 12.3. The number of anilines is 2. The molecular formula is C19H22ClN5O. The number of likely N-dealkylation sites (tertiary alicyclic amines) is 1. The zero-order valence-electron chi connectivity index (χ0n) is 14.6. The number of nitrogens with one attached hydrogen (secondary N) is 2. The van der Waals surface area contributed by atoms with Crippen LogP contribution in [0.2, 0.25) is 0 Å². The fourth-order valence-electron chi connectivity index (χ4n) is 2.82. The first-order valence-electron chi connectivity index (χ1n) is 8.35. The van der Waals surface area contributed by atoms with Crippen LogP contribution in [0.5, 0.6) is 0 Å². The topological polar surface area (TPSA) is 61.6 Å². The van der Waals surface area contributed by atoms with E-state index in [1.54, 1.807) is 30.3 Å². The summed E-state index contributed by atoms with van der Waals surface area (Å²) in [5, 5.41) is 6.25. The highest BCUT2D eigenvalue weighted by atomic mass is 35.5. The molecule has 1 aliphatic rings.